The number of halogens is 3. The van der Waals surface area contributed by atoms with Gasteiger partial charge in [-0.3, -0.25) is 0 Å². The predicted octanol–water partition coefficient (Wildman–Crippen LogP) is 3.36. The van der Waals surface area contributed by atoms with Crippen LogP contribution in [0.15, 0.2) is 30.3 Å². The van der Waals surface area contributed by atoms with Gasteiger partial charge in [-0.1, -0.05) is 18.2 Å². The Hall–Kier alpha value is -0.880. The van der Waals surface area contributed by atoms with Crippen molar-refractivity contribution in [2.45, 2.75) is 11.9 Å². The van der Waals surface area contributed by atoms with E-state index >= 15 is 0 Å². The van der Waals surface area contributed by atoms with Crippen molar-refractivity contribution in [2.24, 2.45) is 0 Å². The molecule has 0 saturated carbocycles. The second-order valence-electron chi connectivity index (χ2n) is 4.15. The number of rotatable bonds is 8. The smallest absolute Gasteiger partial charge is 0.375 e. The number of para-hydroxylation sites is 1. The average molecular weight is 292 g/mol. The summed E-state index contributed by atoms with van der Waals surface area (Å²) in [7, 11) is 2.01. The Labute approximate surface area is 116 Å². The number of nitrogens with zero attached hydrogens (tertiary/aromatic N) is 1. The minimum Gasteiger partial charge on any atom is -0.375 e. The molecule has 2 nitrogen and oxygen atoms in total. The molecule has 6 heteroatoms. The van der Waals surface area contributed by atoms with Crippen LogP contribution in [0.5, 0.6) is 0 Å². The van der Waals surface area contributed by atoms with Gasteiger partial charge in [0.15, 0.2) is 0 Å². The average Bonchev–Trinajstić information content (AvgIpc) is 2.37. The zero-order valence-electron chi connectivity index (χ0n) is 10.9. The van der Waals surface area contributed by atoms with Gasteiger partial charge in [0, 0.05) is 31.6 Å². The number of hydrogen-bond donors (Lipinski definition) is 1. The molecule has 1 aromatic rings. The van der Waals surface area contributed by atoms with Crippen LogP contribution in [0, 0.1) is 0 Å². The maximum Gasteiger partial charge on any atom is 0.441 e. The van der Waals surface area contributed by atoms with Crippen molar-refractivity contribution in [2.75, 3.05) is 37.3 Å². The van der Waals surface area contributed by atoms with Crippen LogP contribution in [-0.4, -0.2) is 37.9 Å². The van der Waals surface area contributed by atoms with E-state index in [-0.39, 0.29) is 17.5 Å². The molecule has 0 fully saturated rings. The van der Waals surface area contributed by atoms with E-state index in [1.807, 2.05) is 37.4 Å². The van der Waals surface area contributed by atoms with Gasteiger partial charge in [0.25, 0.3) is 0 Å². The van der Waals surface area contributed by atoms with Crippen molar-refractivity contribution >= 4 is 17.4 Å². The first-order valence-electron chi connectivity index (χ1n) is 6.16. The van der Waals surface area contributed by atoms with Crippen LogP contribution in [0.25, 0.3) is 0 Å². The lowest BCUT2D eigenvalue weighted by molar-refractivity contribution is -0.0327. The molecule has 1 rings (SSSR count). The lowest BCUT2D eigenvalue weighted by Crippen LogP contribution is -2.25. The van der Waals surface area contributed by atoms with Crippen LogP contribution < -0.4 is 10.2 Å². The summed E-state index contributed by atoms with van der Waals surface area (Å²) >= 11 is 0.0219. The Balaban J connectivity index is 2.02. The molecule has 0 aromatic heterocycles. The van der Waals surface area contributed by atoms with Crippen LogP contribution >= 0.6 is 11.8 Å². The van der Waals surface area contributed by atoms with E-state index < -0.39 is 5.51 Å². The summed E-state index contributed by atoms with van der Waals surface area (Å²) in [6.45, 7) is 2.00. The lowest BCUT2D eigenvalue weighted by atomic mass is 10.3. The first-order valence-corrected chi connectivity index (χ1v) is 7.15. The molecule has 0 bridgehead atoms. The van der Waals surface area contributed by atoms with Gasteiger partial charge < -0.3 is 10.2 Å². The highest BCUT2D eigenvalue weighted by molar-refractivity contribution is 8.00. The number of hydrogen-bond acceptors (Lipinski definition) is 3. The Morgan fingerprint density at radius 2 is 1.84 bits per heavy atom. The van der Waals surface area contributed by atoms with Crippen molar-refractivity contribution in [1.29, 1.82) is 0 Å². The molecule has 1 N–H and O–H groups in total. The second kappa shape index (κ2) is 8.32. The first-order chi connectivity index (χ1) is 8.99. The van der Waals surface area contributed by atoms with Gasteiger partial charge in [0.1, 0.15) is 0 Å². The van der Waals surface area contributed by atoms with Gasteiger partial charge >= 0.3 is 5.51 Å². The highest BCUT2D eigenvalue weighted by atomic mass is 32.2. The standard InChI is InChI=1S/C13H19F3N2S/c1-18(12-6-3-2-4-7-12)10-5-8-17-9-11-19-13(14,15)16/h2-4,6-7,17H,5,8-11H2,1H3. The van der Waals surface area contributed by atoms with Crippen molar-refractivity contribution < 1.29 is 13.2 Å². The maximum absolute atomic E-state index is 11.9. The van der Waals surface area contributed by atoms with Crippen molar-refractivity contribution in [3.05, 3.63) is 30.3 Å². The summed E-state index contributed by atoms with van der Waals surface area (Å²) in [6.07, 6.45) is 0.905. The van der Waals surface area contributed by atoms with Crippen LogP contribution in [-0.2, 0) is 0 Å². The largest absolute Gasteiger partial charge is 0.441 e. The van der Waals surface area contributed by atoms with Crippen LogP contribution in [0.2, 0.25) is 0 Å². The molecule has 108 valence electrons. The van der Waals surface area contributed by atoms with Gasteiger partial charge in [0.05, 0.1) is 0 Å². The Morgan fingerprint density at radius 3 is 2.47 bits per heavy atom. The highest BCUT2D eigenvalue weighted by Crippen LogP contribution is 2.29. The molecule has 0 atom stereocenters. The van der Waals surface area contributed by atoms with Crippen molar-refractivity contribution in [3.63, 3.8) is 0 Å². The summed E-state index contributed by atoms with van der Waals surface area (Å²) in [5.74, 6) is 0.0675. The van der Waals surface area contributed by atoms with Gasteiger partial charge in [-0.15, -0.1) is 0 Å². The highest BCUT2D eigenvalue weighted by Gasteiger charge is 2.27. The van der Waals surface area contributed by atoms with E-state index in [0.717, 1.165) is 25.2 Å². The number of benzene rings is 1. The predicted molar refractivity (Wildman–Crippen MR) is 75.7 cm³/mol. The molecule has 0 aliphatic carbocycles. The quantitative estimate of drug-likeness (QED) is 0.740. The third kappa shape index (κ3) is 8.00. The molecular weight excluding hydrogens is 273 g/mol. The number of alkyl halides is 3. The summed E-state index contributed by atoms with van der Waals surface area (Å²) in [5.41, 5.74) is -2.97. The molecule has 19 heavy (non-hydrogen) atoms. The monoisotopic (exact) mass is 292 g/mol. The van der Waals surface area contributed by atoms with Gasteiger partial charge in [-0.05, 0) is 36.9 Å². The fourth-order valence-corrected chi connectivity index (χ4v) is 2.09. The van der Waals surface area contributed by atoms with Crippen molar-refractivity contribution in [3.8, 4) is 0 Å². The molecule has 0 unspecified atom stereocenters. The van der Waals surface area contributed by atoms with E-state index in [4.69, 9.17) is 0 Å². The second-order valence-corrected chi connectivity index (χ2v) is 5.31. The number of nitrogens with one attached hydrogen (secondary N) is 1. The molecular formula is C13H19F3N2S. The van der Waals surface area contributed by atoms with E-state index in [2.05, 4.69) is 10.2 Å². The lowest BCUT2D eigenvalue weighted by Gasteiger charge is -2.19. The van der Waals surface area contributed by atoms with Crippen LogP contribution in [0.4, 0.5) is 18.9 Å². The van der Waals surface area contributed by atoms with E-state index in [9.17, 15) is 13.2 Å². The van der Waals surface area contributed by atoms with E-state index in [1.165, 1.54) is 0 Å². The third-order valence-electron chi connectivity index (χ3n) is 2.59. The molecule has 0 aliphatic heterocycles. The first kappa shape index (κ1) is 16.2. The summed E-state index contributed by atoms with van der Waals surface area (Å²) in [6, 6.07) is 10.0. The molecule has 0 spiro atoms. The number of anilines is 1. The normalized spacial score (nSPS) is 11.6. The molecule has 1 aromatic carbocycles. The Kier molecular flexibility index (Phi) is 7.09. The topological polar surface area (TPSA) is 15.3 Å². The maximum atomic E-state index is 11.9. The molecule has 0 aliphatic rings. The Morgan fingerprint density at radius 1 is 1.16 bits per heavy atom. The SMILES string of the molecule is CN(CCCNCCSC(F)(F)F)c1ccccc1. The zero-order chi connectivity index (χ0) is 14.1. The number of thioether (sulfide) groups is 1. The molecule has 0 heterocycles. The molecule has 0 saturated heterocycles. The minimum absolute atomic E-state index is 0.0219. The van der Waals surface area contributed by atoms with Gasteiger partial charge in [0.2, 0.25) is 0 Å². The van der Waals surface area contributed by atoms with Gasteiger partial charge in [-0.2, -0.15) is 13.2 Å². The van der Waals surface area contributed by atoms with Crippen molar-refractivity contribution in [1.82, 2.24) is 5.32 Å². The third-order valence-corrected chi connectivity index (χ3v) is 3.32. The fourth-order valence-electron chi connectivity index (χ4n) is 1.62. The van der Waals surface area contributed by atoms with Gasteiger partial charge in [-0.25, -0.2) is 0 Å². The zero-order valence-corrected chi connectivity index (χ0v) is 11.7. The van der Waals surface area contributed by atoms with E-state index in [0.29, 0.717) is 6.54 Å². The molecule has 0 radical (unpaired) electrons. The summed E-state index contributed by atoms with van der Waals surface area (Å²) in [5, 5.41) is 3.02. The van der Waals surface area contributed by atoms with E-state index in [1.54, 1.807) is 0 Å². The Bertz CT molecular complexity index is 343. The fraction of sp³-hybridized carbons (Fsp3) is 0.538. The van der Waals surface area contributed by atoms with Crippen LogP contribution in [0.3, 0.4) is 0 Å². The summed E-state index contributed by atoms with van der Waals surface area (Å²) < 4.78 is 35.6. The summed E-state index contributed by atoms with van der Waals surface area (Å²) in [4.78, 5) is 2.13. The van der Waals surface area contributed by atoms with Crippen LogP contribution in [0.1, 0.15) is 6.42 Å². The molecule has 0 amide bonds. The minimum atomic E-state index is -4.12.